The first-order valence-corrected chi connectivity index (χ1v) is 9.54. The predicted molar refractivity (Wildman–Crippen MR) is 111 cm³/mol. The molecule has 3 rings (SSSR count). The first-order chi connectivity index (χ1) is 14.4. The average molecular weight is 432 g/mol. The summed E-state index contributed by atoms with van der Waals surface area (Å²) in [7, 11) is 3.11. The van der Waals surface area contributed by atoms with Crippen LogP contribution < -0.4 is 19.5 Å². The molecule has 0 radical (unpaired) electrons. The molecule has 0 saturated heterocycles. The second-order valence-electron chi connectivity index (χ2n) is 6.47. The molecule has 9 heteroatoms. The molecule has 30 heavy (non-hydrogen) atoms. The molecule has 1 heterocycles. The minimum absolute atomic E-state index is 0.0759. The van der Waals surface area contributed by atoms with Crippen molar-refractivity contribution in [1.29, 1.82) is 0 Å². The monoisotopic (exact) mass is 431 g/mol. The molecule has 3 aromatic rings. The topological polar surface area (TPSA) is 95.7 Å². The lowest BCUT2D eigenvalue weighted by Gasteiger charge is -2.14. The number of aromatic nitrogens is 2. The van der Waals surface area contributed by atoms with Crippen LogP contribution in [-0.2, 0) is 11.3 Å². The first-order valence-electron chi connectivity index (χ1n) is 9.16. The van der Waals surface area contributed by atoms with Gasteiger partial charge in [0.25, 0.3) is 5.91 Å². The number of carbonyl (C=O) groups is 1. The zero-order chi connectivity index (χ0) is 21.7. The van der Waals surface area contributed by atoms with Crippen LogP contribution in [0.1, 0.15) is 18.4 Å². The van der Waals surface area contributed by atoms with Gasteiger partial charge in [-0.1, -0.05) is 16.8 Å². The standard InChI is InChI=1S/C21H22ClN3O5/c1-12-9-15(6-7-16(12)22)29-13(2)21(26)23-11-19-24-20(25-30-19)14-5-8-17(27-3)18(10-14)28-4/h5-10,13H,11H2,1-4H3,(H,23,26)/t13-/m1/s1. The second kappa shape index (κ2) is 9.49. The summed E-state index contributed by atoms with van der Waals surface area (Å²) in [6.07, 6.45) is -0.709. The molecule has 0 saturated carbocycles. The van der Waals surface area contributed by atoms with Crippen LogP contribution in [-0.4, -0.2) is 36.4 Å². The van der Waals surface area contributed by atoms with E-state index in [1.807, 2.05) is 6.92 Å². The molecule has 1 N–H and O–H groups in total. The van der Waals surface area contributed by atoms with E-state index in [1.165, 1.54) is 0 Å². The summed E-state index contributed by atoms with van der Waals surface area (Å²) in [4.78, 5) is 16.6. The molecule has 0 spiro atoms. The maximum Gasteiger partial charge on any atom is 0.261 e. The Morgan fingerprint density at radius 1 is 1.17 bits per heavy atom. The smallest absolute Gasteiger partial charge is 0.261 e. The Morgan fingerprint density at radius 3 is 2.63 bits per heavy atom. The van der Waals surface area contributed by atoms with Gasteiger partial charge in [-0.3, -0.25) is 4.79 Å². The van der Waals surface area contributed by atoms with Gasteiger partial charge in [0.15, 0.2) is 17.6 Å². The zero-order valence-electron chi connectivity index (χ0n) is 17.1. The highest BCUT2D eigenvalue weighted by molar-refractivity contribution is 6.31. The number of nitrogens with one attached hydrogen (secondary N) is 1. The van der Waals surface area contributed by atoms with Gasteiger partial charge in [0.2, 0.25) is 11.7 Å². The Balaban J connectivity index is 1.59. The van der Waals surface area contributed by atoms with Gasteiger partial charge in [0.1, 0.15) is 5.75 Å². The summed E-state index contributed by atoms with van der Waals surface area (Å²) < 4.78 is 21.4. The molecule has 0 aliphatic carbocycles. The number of benzene rings is 2. The van der Waals surface area contributed by atoms with Crippen LogP contribution in [0.2, 0.25) is 5.02 Å². The van der Waals surface area contributed by atoms with Crippen LogP contribution in [0.15, 0.2) is 40.9 Å². The Bertz CT molecular complexity index is 1040. The van der Waals surface area contributed by atoms with E-state index < -0.39 is 6.10 Å². The molecule has 0 bridgehead atoms. The molecule has 0 unspecified atom stereocenters. The number of nitrogens with zero attached hydrogens (tertiary/aromatic N) is 2. The van der Waals surface area contributed by atoms with E-state index in [-0.39, 0.29) is 18.3 Å². The zero-order valence-corrected chi connectivity index (χ0v) is 17.8. The minimum Gasteiger partial charge on any atom is -0.493 e. The van der Waals surface area contributed by atoms with Crippen molar-refractivity contribution in [3.05, 3.63) is 52.9 Å². The molecule has 1 amide bonds. The lowest BCUT2D eigenvalue weighted by molar-refractivity contribution is -0.127. The van der Waals surface area contributed by atoms with E-state index in [1.54, 1.807) is 57.5 Å². The summed E-state index contributed by atoms with van der Waals surface area (Å²) in [5, 5.41) is 7.31. The quantitative estimate of drug-likeness (QED) is 0.579. The highest BCUT2D eigenvalue weighted by atomic mass is 35.5. The summed E-state index contributed by atoms with van der Waals surface area (Å²) in [6, 6.07) is 10.5. The number of rotatable bonds is 8. The molecule has 0 aliphatic heterocycles. The highest BCUT2D eigenvalue weighted by Gasteiger charge is 2.17. The van der Waals surface area contributed by atoms with Crippen molar-refractivity contribution in [3.8, 4) is 28.6 Å². The van der Waals surface area contributed by atoms with Crippen LogP contribution >= 0.6 is 11.6 Å². The molecular weight excluding hydrogens is 410 g/mol. The molecule has 2 aromatic carbocycles. The first kappa shape index (κ1) is 21.4. The van der Waals surface area contributed by atoms with E-state index in [0.717, 1.165) is 5.56 Å². The second-order valence-corrected chi connectivity index (χ2v) is 6.88. The van der Waals surface area contributed by atoms with Crippen LogP contribution in [0.4, 0.5) is 0 Å². The van der Waals surface area contributed by atoms with Crippen molar-refractivity contribution in [2.75, 3.05) is 14.2 Å². The van der Waals surface area contributed by atoms with Crippen molar-refractivity contribution < 1.29 is 23.5 Å². The average Bonchev–Trinajstić information content (AvgIpc) is 3.23. The van der Waals surface area contributed by atoms with Gasteiger partial charge in [-0.25, -0.2) is 0 Å². The lowest BCUT2D eigenvalue weighted by Crippen LogP contribution is -2.36. The van der Waals surface area contributed by atoms with Gasteiger partial charge in [0, 0.05) is 10.6 Å². The minimum atomic E-state index is -0.709. The Labute approximate surface area is 179 Å². The third kappa shape index (κ3) is 5.01. The van der Waals surface area contributed by atoms with Gasteiger partial charge in [-0.2, -0.15) is 4.98 Å². The summed E-state index contributed by atoms with van der Waals surface area (Å²) in [5.74, 6) is 2.05. The molecular formula is C21H22ClN3O5. The molecule has 0 aliphatic rings. The van der Waals surface area contributed by atoms with Crippen LogP contribution in [0.5, 0.6) is 17.2 Å². The van der Waals surface area contributed by atoms with E-state index in [4.69, 9.17) is 30.3 Å². The summed E-state index contributed by atoms with van der Waals surface area (Å²) in [5.41, 5.74) is 1.57. The Hall–Kier alpha value is -3.26. The number of ether oxygens (including phenoxy) is 3. The number of amides is 1. The molecule has 1 atom stereocenters. The number of carbonyl (C=O) groups excluding carboxylic acids is 1. The number of aryl methyl sites for hydroxylation is 1. The number of halogens is 1. The van der Waals surface area contributed by atoms with Crippen molar-refractivity contribution >= 4 is 17.5 Å². The van der Waals surface area contributed by atoms with Crippen molar-refractivity contribution in [3.63, 3.8) is 0 Å². The summed E-state index contributed by atoms with van der Waals surface area (Å²) >= 11 is 6.00. The lowest BCUT2D eigenvalue weighted by atomic mass is 10.2. The maximum absolute atomic E-state index is 12.3. The van der Waals surface area contributed by atoms with E-state index in [0.29, 0.717) is 33.7 Å². The highest BCUT2D eigenvalue weighted by Crippen LogP contribution is 2.31. The van der Waals surface area contributed by atoms with Crippen LogP contribution in [0.25, 0.3) is 11.4 Å². The molecule has 158 valence electrons. The van der Waals surface area contributed by atoms with Gasteiger partial charge < -0.3 is 24.1 Å². The van der Waals surface area contributed by atoms with Crippen molar-refractivity contribution in [1.82, 2.24) is 15.5 Å². The molecule has 1 aromatic heterocycles. The Kier molecular flexibility index (Phi) is 6.79. The van der Waals surface area contributed by atoms with E-state index >= 15 is 0 Å². The van der Waals surface area contributed by atoms with E-state index in [9.17, 15) is 4.79 Å². The fourth-order valence-corrected chi connectivity index (χ4v) is 2.79. The van der Waals surface area contributed by atoms with Crippen molar-refractivity contribution in [2.24, 2.45) is 0 Å². The van der Waals surface area contributed by atoms with Gasteiger partial charge in [-0.05, 0) is 55.8 Å². The van der Waals surface area contributed by atoms with Crippen LogP contribution in [0, 0.1) is 6.92 Å². The third-order valence-electron chi connectivity index (χ3n) is 4.34. The number of hydrogen-bond donors (Lipinski definition) is 1. The number of hydrogen-bond acceptors (Lipinski definition) is 7. The predicted octanol–water partition coefficient (Wildman–Crippen LogP) is 3.80. The van der Waals surface area contributed by atoms with Gasteiger partial charge in [-0.15, -0.1) is 0 Å². The Morgan fingerprint density at radius 2 is 1.93 bits per heavy atom. The largest absolute Gasteiger partial charge is 0.493 e. The normalized spacial score (nSPS) is 11.6. The van der Waals surface area contributed by atoms with Crippen molar-refractivity contribution in [2.45, 2.75) is 26.5 Å². The van der Waals surface area contributed by atoms with E-state index in [2.05, 4.69) is 15.5 Å². The SMILES string of the molecule is COc1ccc(-c2noc(CNC(=O)[C@@H](C)Oc3ccc(Cl)c(C)c3)n2)cc1OC. The fourth-order valence-electron chi connectivity index (χ4n) is 2.67. The number of methoxy groups -OCH3 is 2. The van der Waals surface area contributed by atoms with Gasteiger partial charge in [0.05, 0.1) is 20.8 Å². The fraction of sp³-hybridized carbons (Fsp3) is 0.286. The summed E-state index contributed by atoms with van der Waals surface area (Å²) in [6.45, 7) is 3.60. The maximum atomic E-state index is 12.3. The molecule has 8 nitrogen and oxygen atoms in total. The molecule has 0 fully saturated rings. The van der Waals surface area contributed by atoms with Crippen LogP contribution in [0.3, 0.4) is 0 Å². The third-order valence-corrected chi connectivity index (χ3v) is 4.76. The van der Waals surface area contributed by atoms with Gasteiger partial charge >= 0.3 is 0 Å².